The summed E-state index contributed by atoms with van der Waals surface area (Å²) in [5.74, 6) is 0.349. The molecule has 0 amide bonds. The van der Waals surface area contributed by atoms with Crippen LogP contribution in [0, 0.1) is 5.41 Å². The van der Waals surface area contributed by atoms with Crippen molar-refractivity contribution in [1.82, 2.24) is 0 Å². The second-order valence-electron chi connectivity index (χ2n) is 4.91. The van der Waals surface area contributed by atoms with Crippen molar-refractivity contribution in [2.75, 3.05) is 19.8 Å². The van der Waals surface area contributed by atoms with Crippen LogP contribution in [0.2, 0.25) is 0 Å². The van der Waals surface area contributed by atoms with Crippen LogP contribution in [0.25, 0.3) is 0 Å². The summed E-state index contributed by atoms with van der Waals surface area (Å²) >= 11 is 0. The van der Waals surface area contributed by atoms with Gasteiger partial charge < -0.3 is 10.5 Å². The lowest BCUT2D eigenvalue weighted by molar-refractivity contribution is -0.133. The molecule has 0 aromatic carbocycles. The number of ketones is 1. The summed E-state index contributed by atoms with van der Waals surface area (Å²) < 4.78 is 5.32. The largest absolute Gasteiger partial charge is 0.381 e. The first-order valence-corrected chi connectivity index (χ1v) is 6.67. The van der Waals surface area contributed by atoms with Crippen LogP contribution in [0.3, 0.4) is 0 Å². The maximum atomic E-state index is 12.2. The van der Waals surface area contributed by atoms with Crippen LogP contribution < -0.4 is 5.73 Å². The van der Waals surface area contributed by atoms with Crippen molar-refractivity contribution in [2.45, 2.75) is 44.9 Å². The summed E-state index contributed by atoms with van der Waals surface area (Å²) in [6.45, 7) is 5.53. The van der Waals surface area contributed by atoms with Gasteiger partial charge in [-0.2, -0.15) is 0 Å². The number of hydrogen-bond donors (Lipinski definition) is 1. The van der Waals surface area contributed by atoms with E-state index in [4.69, 9.17) is 10.5 Å². The highest BCUT2D eigenvalue weighted by Crippen LogP contribution is 2.32. The van der Waals surface area contributed by atoms with Gasteiger partial charge in [-0.15, -0.1) is 6.58 Å². The van der Waals surface area contributed by atoms with Crippen molar-refractivity contribution in [3.05, 3.63) is 12.7 Å². The van der Waals surface area contributed by atoms with Gasteiger partial charge in [0, 0.05) is 31.6 Å². The van der Waals surface area contributed by atoms with E-state index in [1.165, 1.54) is 0 Å². The van der Waals surface area contributed by atoms with Gasteiger partial charge in [-0.05, 0) is 32.1 Å². The van der Waals surface area contributed by atoms with E-state index in [1.54, 1.807) is 0 Å². The molecular weight excluding hydrogens is 214 g/mol. The van der Waals surface area contributed by atoms with Gasteiger partial charge in [-0.1, -0.05) is 12.5 Å². The Balaban J connectivity index is 2.30. The van der Waals surface area contributed by atoms with Crippen LogP contribution in [-0.4, -0.2) is 25.5 Å². The highest BCUT2D eigenvalue weighted by molar-refractivity contribution is 5.85. The summed E-state index contributed by atoms with van der Waals surface area (Å²) in [6, 6.07) is 0. The number of Topliss-reactive ketones (excluding diaryl/α,β-unsaturated/α-hetero) is 1. The third-order valence-corrected chi connectivity index (χ3v) is 3.74. The summed E-state index contributed by atoms with van der Waals surface area (Å²) in [5.41, 5.74) is 5.52. The van der Waals surface area contributed by atoms with Gasteiger partial charge in [0.1, 0.15) is 5.78 Å². The Morgan fingerprint density at radius 1 is 1.29 bits per heavy atom. The number of allylic oxidation sites excluding steroid dienone is 1. The summed E-state index contributed by atoms with van der Waals surface area (Å²) in [6.07, 6.45) is 8.48. The molecule has 2 N–H and O–H groups in total. The van der Waals surface area contributed by atoms with Crippen molar-refractivity contribution >= 4 is 5.78 Å². The highest BCUT2D eigenvalue weighted by atomic mass is 16.5. The second kappa shape index (κ2) is 7.62. The zero-order valence-electron chi connectivity index (χ0n) is 10.7. The second-order valence-corrected chi connectivity index (χ2v) is 4.91. The lowest BCUT2D eigenvalue weighted by Gasteiger charge is -2.34. The molecule has 98 valence electrons. The number of ether oxygens (including phenoxy) is 1. The molecule has 0 atom stereocenters. The van der Waals surface area contributed by atoms with Gasteiger partial charge in [-0.25, -0.2) is 0 Å². The molecule has 1 aliphatic rings. The summed E-state index contributed by atoms with van der Waals surface area (Å²) in [4.78, 5) is 12.2. The van der Waals surface area contributed by atoms with E-state index < -0.39 is 0 Å². The Kier molecular flexibility index (Phi) is 6.45. The third-order valence-electron chi connectivity index (χ3n) is 3.74. The normalized spacial score (nSPS) is 18.9. The Labute approximate surface area is 104 Å². The molecule has 0 bridgehead atoms. The van der Waals surface area contributed by atoms with Crippen LogP contribution in [0.4, 0.5) is 0 Å². The van der Waals surface area contributed by atoms with Crippen molar-refractivity contribution < 1.29 is 9.53 Å². The van der Waals surface area contributed by atoms with Crippen LogP contribution in [0.1, 0.15) is 44.9 Å². The number of hydrogen-bond acceptors (Lipinski definition) is 3. The predicted octanol–water partition coefficient (Wildman–Crippen LogP) is 2.45. The predicted molar refractivity (Wildman–Crippen MR) is 69.8 cm³/mol. The molecule has 0 aromatic heterocycles. The Hall–Kier alpha value is -0.670. The fraction of sp³-hybridized carbons (Fsp3) is 0.786. The summed E-state index contributed by atoms with van der Waals surface area (Å²) in [5, 5.41) is 0. The van der Waals surface area contributed by atoms with E-state index in [0.717, 1.165) is 38.5 Å². The highest BCUT2D eigenvalue weighted by Gasteiger charge is 2.37. The number of rotatable bonds is 8. The molecule has 1 aliphatic heterocycles. The first-order chi connectivity index (χ1) is 8.25. The molecule has 0 saturated carbocycles. The van der Waals surface area contributed by atoms with Gasteiger partial charge in [0.05, 0.1) is 0 Å². The van der Waals surface area contributed by atoms with Gasteiger partial charge in [0.2, 0.25) is 0 Å². The quantitative estimate of drug-likeness (QED) is 0.523. The zero-order valence-corrected chi connectivity index (χ0v) is 10.7. The van der Waals surface area contributed by atoms with Gasteiger partial charge in [0.25, 0.3) is 0 Å². The number of unbranched alkanes of at least 4 members (excludes halogenated alkanes) is 3. The summed E-state index contributed by atoms with van der Waals surface area (Å²) in [7, 11) is 0. The topological polar surface area (TPSA) is 52.3 Å². The molecule has 1 saturated heterocycles. The Morgan fingerprint density at radius 2 is 2.00 bits per heavy atom. The Bertz CT molecular complexity index is 245. The standard InChI is InChI=1S/C14H25NO2/c1-2-3-4-5-6-7-13(16)14(12-15)8-10-17-11-9-14/h2H,1,3-12,15H2. The molecule has 0 radical (unpaired) electrons. The Morgan fingerprint density at radius 3 is 2.59 bits per heavy atom. The lowest BCUT2D eigenvalue weighted by Crippen LogP contribution is -2.43. The van der Waals surface area contributed by atoms with E-state index in [2.05, 4.69) is 6.58 Å². The number of carbonyl (C=O) groups is 1. The van der Waals surface area contributed by atoms with E-state index in [1.807, 2.05) is 6.08 Å². The van der Waals surface area contributed by atoms with Crippen LogP contribution in [-0.2, 0) is 9.53 Å². The third kappa shape index (κ3) is 4.25. The fourth-order valence-corrected chi connectivity index (χ4v) is 2.38. The zero-order chi connectivity index (χ0) is 12.6. The van der Waals surface area contributed by atoms with E-state index >= 15 is 0 Å². The molecule has 1 fully saturated rings. The van der Waals surface area contributed by atoms with Crippen molar-refractivity contribution in [1.29, 1.82) is 0 Å². The molecule has 0 aliphatic carbocycles. The lowest BCUT2D eigenvalue weighted by atomic mass is 9.75. The molecule has 0 spiro atoms. The molecular formula is C14H25NO2. The van der Waals surface area contributed by atoms with Crippen molar-refractivity contribution in [3.63, 3.8) is 0 Å². The van der Waals surface area contributed by atoms with E-state index in [0.29, 0.717) is 32.0 Å². The molecule has 17 heavy (non-hydrogen) atoms. The maximum absolute atomic E-state index is 12.2. The monoisotopic (exact) mass is 239 g/mol. The smallest absolute Gasteiger partial charge is 0.140 e. The SMILES string of the molecule is C=CCCCCCC(=O)C1(CN)CCOCC1. The van der Waals surface area contributed by atoms with E-state index in [-0.39, 0.29) is 5.41 Å². The van der Waals surface area contributed by atoms with Gasteiger partial charge in [0.15, 0.2) is 0 Å². The maximum Gasteiger partial charge on any atom is 0.140 e. The average molecular weight is 239 g/mol. The first-order valence-electron chi connectivity index (χ1n) is 6.67. The van der Waals surface area contributed by atoms with Gasteiger partial charge >= 0.3 is 0 Å². The van der Waals surface area contributed by atoms with Gasteiger partial charge in [-0.3, -0.25) is 4.79 Å². The minimum Gasteiger partial charge on any atom is -0.381 e. The number of carbonyl (C=O) groups excluding carboxylic acids is 1. The first kappa shape index (κ1) is 14.4. The fourth-order valence-electron chi connectivity index (χ4n) is 2.38. The minimum atomic E-state index is -0.281. The van der Waals surface area contributed by atoms with Crippen molar-refractivity contribution in [3.8, 4) is 0 Å². The molecule has 1 heterocycles. The number of nitrogens with two attached hydrogens (primary N) is 1. The molecule has 3 heteroatoms. The van der Waals surface area contributed by atoms with Crippen LogP contribution >= 0.6 is 0 Å². The molecule has 3 nitrogen and oxygen atoms in total. The minimum absolute atomic E-state index is 0.281. The molecule has 1 rings (SSSR count). The van der Waals surface area contributed by atoms with Crippen molar-refractivity contribution in [2.24, 2.45) is 11.1 Å². The van der Waals surface area contributed by atoms with E-state index in [9.17, 15) is 4.79 Å². The molecule has 0 unspecified atom stereocenters. The van der Waals surface area contributed by atoms with Crippen LogP contribution in [0.5, 0.6) is 0 Å². The average Bonchev–Trinajstić information content (AvgIpc) is 2.39. The van der Waals surface area contributed by atoms with Crippen LogP contribution in [0.15, 0.2) is 12.7 Å². The molecule has 0 aromatic rings.